The van der Waals surface area contributed by atoms with Crippen molar-refractivity contribution >= 4 is 5.69 Å². The second-order valence-electron chi connectivity index (χ2n) is 5.21. The van der Waals surface area contributed by atoms with E-state index < -0.39 is 29.2 Å². The Morgan fingerprint density at radius 1 is 1.26 bits per heavy atom. The van der Waals surface area contributed by atoms with Crippen LogP contribution in [-0.4, -0.2) is 30.0 Å². The van der Waals surface area contributed by atoms with Crippen molar-refractivity contribution in [1.29, 1.82) is 0 Å². The fraction of sp³-hybridized carbons (Fsp3) is 0.538. The highest BCUT2D eigenvalue weighted by molar-refractivity contribution is 5.45. The van der Waals surface area contributed by atoms with Crippen molar-refractivity contribution in [2.45, 2.75) is 32.5 Å². The summed E-state index contributed by atoms with van der Waals surface area (Å²) in [6, 6.07) is 1.29. The first-order chi connectivity index (χ1) is 8.69. The minimum Gasteiger partial charge on any atom is -0.389 e. The molecule has 1 aromatic rings. The molecular formula is C13H18F3NO2. The Morgan fingerprint density at radius 2 is 1.89 bits per heavy atom. The molecule has 0 heterocycles. The zero-order valence-corrected chi connectivity index (χ0v) is 11.1. The molecule has 0 aliphatic rings. The molecule has 0 aliphatic carbocycles. The number of halogens is 3. The fourth-order valence-electron chi connectivity index (χ4n) is 1.32. The number of aliphatic hydroxyl groups is 1. The Bertz CT molecular complexity index is 433. The van der Waals surface area contributed by atoms with E-state index in [4.69, 9.17) is 4.74 Å². The summed E-state index contributed by atoms with van der Waals surface area (Å²) in [6.07, 6.45) is -0.912. The highest BCUT2D eigenvalue weighted by Crippen LogP contribution is 2.19. The van der Waals surface area contributed by atoms with Crippen LogP contribution in [0.3, 0.4) is 0 Å². The van der Waals surface area contributed by atoms with Gasteiger partial charge in [-0.15, -0.1) is 0 Å². The predicted molar refractivity (Wildman–Crippen MR) is 66.5 cm³/mol. The number of rotatable bonds is 5. The lowest BCUT2D eigenvalue weighted by Crippen LogP contribution is -2.30. The SMILES string of the molecule is CC(C)(C)OCC(O)CNc1cc(F)cc(F)c1F. The summed E-state index contributed by atoms with van der Waals surface area (Å²) in [4.78, 5) is 0. The maximum absolute atomic E-state index is 13.3. The van der Waals surface area contributed by atoms with Crippen LogP contribution in [0.1, 0.15) is 20.8 Å². The van der Waals surface area contributed by atoms with E-state index in [9.17, 15) is 18.3 Å². The number of aliphatic hydroxyl groups excluding tert-OH is 1. The van der Waals surface area contributed by atoms with Gasteiger partial charge in [-0.2, -0.15) is 0 Å². The van der Waals surface area contributed by atoms with E-state index in [-0.39, 0.29) is 18.8 Å². The number of anilines is 1. The van der Waals surface area contributed by atoms with Crippen molar-refractivity contribution in [3.8, 4) is 0 Å². The number of nitrogens with one attached hydrogen (secondary N) is 1. The lowest BCUT2D eigenvalue weighted by Gasteiger charge is -2.22. The normalized spacial score (nSPS) is 13.4. The summed E-state index contributed by atoms with van der Waals surface area (Å²) < 4.78 is 44.4. The van der Waals surface area contributed by atoms with Crippen LogP contribution < -0.4 is 5.32 Å². The number of benzene rings is 1. The van der Waals surface area contributed by atoms with E-state index in [1.807, 2.05) is 20.8 Å². The molecule has 3 nitrogen and oxygen atoms in total. The van der Waals surface area contributed by atoms with Gasteiger partial charge in [0.15, 0.2) is 11.6 Å². The van der Waals surface area contributed by atoms with Crippen molar-refractivity contribution in [3.63, 3.8) is 0 Å². The molecule has 0 saturated heterocycles. The zero-order chi connectivity index (χ0) is 14.6. The molecule has 1 aromatic carbocycles. The van der Waals surface area contributed by atoms with Gasteiger partial charge in [-0.05, 0) is 20.8 Å². The third-order valence-electron chi connectivity index (χ3n) is 2.23. The lowest BCUT2D eigenvalue weighted by molar-refractivity contribution is -0.0449. The molecule has 0 aromatic heterocycles. The standard InChI is InChI=1S/C13H18F3NO2/c1-13(2,3)19-7-9(18)6-17-11-5-8(14)4-10(15)12(11)16/h4-5,9,17-18H,6-7H2,1-3H3. The van der Waals surface area contributed by atoms with Crippen molar-refractivity contribution in [2.75, 3.05) is 18.5 Å². The Hall–Kier alpha value is -1.27. The second-order valence-corrected chi connectivity index (χ2v) is 5.21. The molecule has 2 N–H and O–H groups in total. The quantitative estimate of drug-likeness (QED) is 0.813. The summed E-state index contributed by atoms with van der Waals surface area (Å²) >= 11 is 0. The second kappa shape index (κ2) is 6.25. The highest BCUT2D eigenvalue weighted by Gasteiger charge is 2.15. The van der Waals surface area contributed by atoms with Gasteiger partial charge in [0.05, 0.1) is 24.0 Å². The molecule has 1 atom stereocenters. The molecule has 1 rings (SSSR count). The van der Waals surface area contributed by atoms with Crippen molar-refractivity contribution < 1.29 is 23.0 Å². The largest absolute Gasteiger partial charge is 0.389 e. The van der Waals surface area contributed by atoms with Gasteiger partial charge in [-0.1, -0.05) is 0 Å². The van der Waals surface area contributed by atoms with Crippen LogP contribution in [0.4, 0.5) is 18.9 Å². The monoisotopic (exact) mass is 277 g/mol. The van der Waals surface area contributed by atoms with Gasteiger partial charge in [0.1, 0.15) is 5.82 Å². The summed E-state index contributed by atoms with van der Waals surface area (Å²) in [6.45, 7) is 5.45. The topological polar surface area (TPSA) is 41.5 Å². The van der Waals surface area contributed by atoms with E-state index in [0.29, 0.717) is 6.07 Å². The summed E-state index contributed by atoms with van der Waals surface area (Å²) in [5, 5.41) is 12.1. The van der Waals surface area contributed by atoms with Gasteiger partial charge in [0.25, 0.3) is 0 Å². The van der Waals surface area contributed by atoms with Crippen LogP contribution in [0, 0.1) is 17.5 Å². The van der Waals surface area contributed by atoms with Crippen LogP contribution in [0.25, 0.3) is 0 Å². The molecule has 0 bridgehead atoms. The summed E-state index contributed by atoms with van der Waals surface area (Å²) in [5.41, 5.74) is -0.732. The Labute approximate surface area is 110 Å². The van der Waals surface area contributed by atoms with Crippen LogP contribution in [0.15, 0.2) is 12.1 Å². The average molecular weight is 277 g/mol. The van der Waals surface area contributed by atoms with Crippen LogP contribution >= 0.6 is 0 Å². The van der Waals surface area contributed by atoms with Crippen molar-refractivity contribution in [1.82, 2.24) is 0 Å². The first-order valence-corrected chi connectivity index (χ1v) is 5.89. The first-order valence-electron chi connectivity index (χ1n) is 5.89. The minimum absolute atomic E-state index is 0.0376. The molecule has 0 spiro atoms. The molecule has 0 amide bonds. The Balaban J connectivity index is 2.53. The molecule has 0 saturated carbocycles. The highest BCUT2D eigenvalue weighted by atomic mass is 19.2. The molecule has 6 heteroatoms. The molecule has 0 radical (unpaired) electrons. The van der Waals surface area contributed by atoms with Gasteiger partial charge < -0.3 is 15.2 Å². The van der Waals surface area contributed by atoms with E-state index in [1.54, 1.807) is 0 Å². The summed E-state index contributed by atoms with van der Waals surface area (Å²) in [5.74, 6) is -3.34. The third kappa shape index (κ3) is 5.48. The molecule has 19 heavy (non-hydrogen) atoms. The number of hydrogen-bond donors (Lipinski definition) is 2. The van der Waals surface area contributed by atoms with Gasteiger partial charge in [-0.25, -0.2) is 13.2 Å². The smallest absolute Gasteiger partial charge is 0.182 e. The maximum atomic E-state index is 13.3. The van der Waals surface area contributed by atoms with E-state index in [2.05, 4.69) is 5.32 Å². The van der Waals surface area contributed by atoms with Crippen LogP contribution in [-0.2, 0) is 4.74 Å². The van der Waals surface area contributed by atoms with Crippen LogP contribution in [0.5, 0.6) is 0 Å². The summed E-state index contributed by atoms with van der Waals surface area (Å²) in [7, 11) is 0. The molecule has 0 aliphatic heterocycles. The van der Waals surface area contributed by atoms with Crippen molar-refractivity contribution in [2.24, 2.45) is 0 Å². The average Bonchev–Trinajstić information content (AvgIpc) is 2.28. The van der Waals surface area contributed by atoms with E-state index in [0.717, 1.165) is 6.07 Å². The molecule has 0 fully saturated rings. The molecule has 108 valence electrons. The molecule has 1 unspecified atom stereocenters. The van der Waals surface area contributed by atoms with Gasteiger partial charge in [-0.3, -0.25) is 0 Å². The van der Waals surface area contributed by atoms with Gasteiger partial charge in [0.2, 0.25) is 0 Å². The first kappa shape index (κ1) is 15.8. The number of hydrogen-bond acceptors (Lipinski definition) is 3. The minimum atomic E-state index is -1.28. The fourth-order valence-corrected chi connectivity index (χ4v) is 1.32. The van der Waals surface area contributed by atoms with E-state index in [1.165, 1.54) is 0 Å². The van der Waals surface area contributed by atoms with Gasteiger partial charge >= 0.3 is 0 Å². The lowest BCUT2D eigenvalue weighted by atomic mass is 10.2. The Kier molecular flexibility index (Phi) is 5.20. The van der Waals surface area contributed by atoms with E-state index >= 15 is 0 Å². The van der Waals surface area contributed by atoms with Crippen LogP contribution in [0.2, 0.25) is 0 Å². The third-order valence-corrected chi connectivity index (χ3v) is 2.23. The predicted octanol–water partition coefficient (Wildman–Crippen LogP) is 2.69. The van der Waals surface area contributed by atoms with Gasteiger partial charge in [0, 0.05) is 18.7 Å². The zero-order valence-electron chi connectivity index (χ0n) is 11.1. The molecular weight excluding hydrogens is 259 g/mol. The Morgan fingerprint density at radius 3 is 2.47 bits per heavy atom. The maximum Gasteiger partial charge on any atom is 0.182 e. The number of ether oxygens (including phenoxy) is 1. The van der Waals surface area contributed by atoms with Crippen molar-refractivity contribution in [3.05, 3.63) is 29.6 Å².